The minimum atomic E-state index is -0.404. The highest BCUT2D eigenvalue weighted by atomic mass is 35.5. The van der Waals surface area contributed by atoms with Gasteiger partial charge in [0.25, 0.3) is 11.1 Å². The minimum absolute atomic E-state index is 0.0564. The number of carbonyl (C=O) groups excluding carboxylic acids is 3. The Morgan fingerprint density at radius 3 is 2.63 bits per heavy atom. The van der Waals surface area contributed by atoms with Gasteiger partial charge >= 0.3 is 0 Å². The Labute approximate surface area is 226 Å². The number of imide groups is 1. The van der Waals surface area contributed by atoms with Crippen LogP contribution >= 0.6 is 23.4 Å². The number of hydrogen-bond donors (Lipinski definition) is 1. The molecule has 10 heteroatoms. The van der Waals surface area contributed by atoms with Gasteiger partial charge in [0.15, 0.2) is 11.5 Å². The van der Waals surface area contributed by atoms with E-state index in [0.29, 0.717) is 32.8 Å². The van der Waals surface area contributed by atoms with E-state index in [9.17, 15) is 14.4 Å². The van der Waals surface area contributed by atoms with Crippen molar-refractivity contribution in [2.24, 2.45) is 0 Å². The number of halogens is 1. The van der Waals surface area contributed by atoms with Gasteiger partial charge in [-0.25, -0.2) is 4.90 Å². The van der Waals surface area contributed by atoms with Gasteiger partial charge in [0.05, 0.1) is 10.6 Å². The van der Waals surface area contributed by atoms with E-state index in [1.54, 1.807) is 48.5 Å². The van der Waals surface area contributed by atoms with Crippen LogP contribution in [0.1, 0.15) is 11.3 Å². The number of nitrogens with zero attached hydrogens (tertiary/aromatic N) is 2. The smallest absolute Gasteiger partial charge is 0.298 e. The quantitative estimate of drug-likeness (QED) is 0.300. The SMILES string of the molecule is Cc1c(/C=C2/SC(=O)N(c3ccc(Cl)cc3)C2=O)c2ccccc2n1CC(=O)Nc1ccc2c(c1)OCO2. The lowest BCUT2D eigenvalue weighted by Crippen LogP contribution is -2.27. The van der Waals surface area contributed by atoms with Crippen molar-refractivity contribution in [1.82, 2.24) is 4.57 Å². The number of para-hydroxylation sites is 1. The number of fused-ring (bicyclic) bond motifs is 2. The third-order valence-corrected chi connectivity index (χ3v) is 7.51. The molecule has 0 bridgehead atoms. The average molecular weight is 546 g/mol. The third-order valence-electron chi connectivity index (χ3n) is 6.39. The van der Waals surface area contributed by atoms with Crippen LogP contribution in [-0.2, 0) is 16.1 Å². The predicted molar refractivity (Wildman–Crippen MR) is 148 cm³/mol. The van der Waals surface area contributed by atoms with Crippen molar-refractivity contribution in [2.45, 2.75) is 13.5 Å². The molecule has 0 atom stereocenters. The summed E-state index contributed by atoms with van der Waals surface area (Å²) in [5, 5.41) is 3.91. The fourth-order valence-corrected chi connectivity index (χ4v) is 5.52. The van der Waals surface area contributed by atoms with Gasteiger partial charge in [-0.05, 0) is 67.2 Å². The van der Waals surface area contributed by atoms with Crippen LogP contribution < -0.4 is 19.7 Å². The van der Waals surface area contributed by atoms with Gasteiger partial charge in [0.1, 0.15) is 6.54 Å². The summed E-state index contributed by atoms with van der Waals surface area (Å²) in [5.74, 6) is 0.599. The first-order chi connectivity index (χ1) is 18.4. The summed E-state index contributed by atoms with van der Waals surface area (Å²) < 4.78 is 12.6. The third kappa shape index (κ3) is 4.29. The number of hydrogen-bond acceptors (Lipinski definition) is 6. The number of ether oxygens (including phenoxy) is 2. The molecule has 3 heterocycles. The van der Waals surface area contributed by atoms with Gasteiger partial charge in [-0.3, -0.25) is 14.4 Å². The lowest BCUT2D eigenvalue weighted by Gasteiger charge is -2.12. The van der Waals surface area contributed by atoms with Crippen LogP contribution in [0.5, 0.6) is 11.5 Å². The number of benzene rings is 3. The van der Waals surface area contributed by atoms with Crippen molar-refractivity contribution in [3.63, 3.8) is 0 Å². The molecule has 1 aromatic heterocycles. The van der Waals surface area contributed by atoms with Crippen LogP contribution in [-0.4, -0.2) is 28.4 Å². The van der Waals surface area contributed by atoms with Crippen LogP contribution in [0.25, 0.3) is 17.0 Å². The Bertz CT molecular complexity index is 1660. The summed E-state index contributed by atoms with van der Waals surface area (Å²) in [6, 6.07) is 19.4. The first kappa shape index (κ1) is 24.1. The largest absolute Gasteiger partial charge is 0.454 e. The second-order valence-electron chi connectivity index (χ2n) is 8.71. The summed E-state index contributed by atoms with van der Waals surface area (Å²) in [6.45, 7) is 2.10. The van der Waals surface area contributed by atoms with E-state index in [-0.39, 0.29) is 24.5 Å². The summed E-state index contributed by atoms with van der Waals surface area (Å²) in [7, 11) is 0. The summed E-state index contributed by atoms with van der Waals surface area (Å²) in [6.07, 6.45) is 1.73. The van der Waals surface area contributed by atoms with E-state index in [1.165, 1.54) is 0 Å². The van der Waals surface area contributed by atoms with Crippen molar-refractivity contribution in [1.29, 1.82) is 0 Å². The van der Waals surface area contributed by atoms with Crippen LogP contribution in [0, 0.1) is 6.92 Å². The monoisotopic (exact) mass is 545 g/mol. The normalized spacial score (nSPS) is 15.6. The van der Waals surface area contributed by atoms with Crippen molar-refractivity contribution in [3.05, 3.63) is 87.9 Å². The average Bonchev–Trinajstić information content (AvgIpc) is 3.56. The minimum Gasteiger partial charge on any atom is -0.454 e. The lowest BCUT2D eigenvalue weighted by molar-refractivity contribution is -0.116. The molecular formula is C28H20ClN3O5S. The Morgan fingerprint density at radius 1 is 1.05 bits per heavy atom. The van der Waals surface area contributed by atoms with Crippen molar-refractivity contribution in [2.75, 3.05) is 17.0 Å². The summed E-state index contributed by atoms with van der Waals surface area (Å²) >= 11 is 6.84. The molecule has 190 valence electrons. The molecule has 0 unspecified atom stereocenters. The van der Waals surface area contributed by atoms with E-state index in [2.05, 4.69) is 5.32 Å². The standard InChI is InChI=1S/C28H20ClN3O5S/c1-16-21(13-25-27(34)32(28(35)38-25)19-9-6-17(29)7-10-19)20-4-2-3-5-22(20)31(16)14-26(33)30-18-8-11-23-24(12-18)37-15-36-23/h2-13H,14-15H2,1H3,(H,30,33)/b25-13+. The number of aromatic nitrogens is 1. The number of rotatable bonds is 5. The molecule has 0 radical (unpaired) electrons. The Balaban J connectivity index is 1.30. The molecule has 4 aromatic rings. The predicted octanol–water partition coefficient (Wildman–Crippen LogP) is 6.21. The van der Waals surface area contributed by atoms with Gasteiger partial charge in [-0.15, -0.1) is 0 Å². The highest BCUT2D eigenvalue weighted by Crippen LogP contribution is 2.38. The highest BCUT2D eigenvalue weighted by molar-refractivity contribution is 8.19. The molecule has 2 aliphatic heterocycles. The summed E-state index contributed by atoms with van der Waals surface area (Å²) in [4.78, 5) is 40.4. The Kier molecular flexibility index (Phi) is 6.09. The Hall–Kier alpha value is -4.21. The van der Waals surface area contributed by atoms with E-state index in [4.69, 9.17) is 21.1 Å². The number of anilines is 2. The van der Waals surface area contributed by atoms with Crippen molar-refractivity contribution < 1.29 is 23.9 Å². The molecule has 1 saturated heterocycles. The van der Waals surface area contributed by atoms with Gasteiger partial charge in [0.2, 0.25) is 12.7 Å². The van der Waals surface area contributed by atoms with E-state index in [0.717, 1.165) is 38.8 Å². The highest BCUT2D eigenvalue weighted by Gasteiger charge is 2.36. The number of amides is 3. The van der Waals surface area contributed by atoms with E-state index < -0.39 is 5.91 Å². The maximum atomic E-state index is 13.2. The van der Waals surface area contributed by atoms with Crippen LogP contribution in [0.4, 0.5) is 16.2 Å². The van der Waals surface area contributed by atoms with E-state index >= 15 is 0 Å². The lowest BCUT2D eigenvalue weighted by atomic mass is 10.1. The molecular weight excluding hydrogens is 526 g/mol. The second kappa shape index (κ2) is 9.59. The first-order valence-electron chi connectivity index (χ1n) is 11.7. The van der Waals surface area contributed by atoms with Gasteiger partial charge in [0, 0.05) is 38.9 Å². The van der Waals surface area contributed by atoms with Gasteiger partial charge in [-0.2, -0.15) is 0 Å². The fraction of sp³-hybridized carbons (Fsp3) is 0.107. The molecule has 2 aliphatic rings. The molecule has 0 saturated carbocycles. The molecule has 3 amide bonds. The number of carbonyl (C=O) groups is 3. The molecule has 6 rings (SSSR count). The number of nitrogens with one attached hydrogen (secondary N) is 1. The molecule has 0 spiro atoms. The van der Waals surface area contributed by atoms with Crippen LogP contribution in [0.3, 0.4) is 0 Å². The topological polar surface area (TPSA) is 89.9 Å². The zero-order valence-electron chi connectivity index (χ0n) is 20.1. The van der Waals surface area contributed by atoms with Gasteiger partial charge < -0.3 is 19.4 Å². The first-order valence-corrected chi connectivity index (χ1v) is 12.9. The van der Waals surface area contributed by atoms with Crippen LogP contribution in [0.15, 0.2) is 71.6 Å². The molecule has 8 nitrogen and oxygen atoms in total. The van der Waals surface area contributed by atoms with E-state index in [1.807, 2.05) is 35.8 Å². The molecule has 1 fully saturated rings. The van der Waals surface area contributed by atoms with Crippen molar-refractivity contribution >= 4 is 68.8 Å². The molecule has 38 heavy (non-hydrogen) atoms. The van der Waals surface area contributed by atoms with Crippen molar-refractivity contribution in [3.8, 4) is 11.5 Å². The Morgan fingerprint density at radius 2 is 1.82 bits per heavy atom. The van der Waals surface area contributed by atoms with Gasteiger partial charge in [-0.1, -0.05) is 29.8 Å². The summed E-state index contributed by atoms with van der Waals surface area (Å²) in [5.41, 5.74) is 3.47. The molecule has 1 N–H and O–H groups in total. The van der Waals surface area contributed by atoms with Crippen LogP contribution in [0.2, 0.25) is 5.02 Å². The maximum Gasteiger partial charge on any atom is 0.298 e. The zero-order chi connectivity index (χ0) is 26.4. The zero-order valence-corrected chi connectivity index (χ0v) is 21.6. The molecule has 3 aromatic carbocycles. The fourth-order valence-electron chi connectivity index (χ4n) is 4.57. The maximum absolute atomic E-state index is 13.2. The molecule has 0 aliphatic carbocycles. The number of thioether (sulfide) groups is 1. The second-order valence-corrected chi connectivity index (χ2v) is 10.1.